The summed E-state index contributed by atoms with van der Waals surface area (Å²) in [5.74, 6) is 0.552. The number of nitrogens with one attached hydrogen (secondary N) is 1. The second-order valence-electron chi connectivity index (χ2n) is 6.61. The van der Waals surface area contributed by atoms with Crippen LogP contribution in [0.1, 0.15) is 44.7 Å². The maximum absolute atomic E-state index is 12.6. The van der Waals surface area contributed by atoms with Crippen LogP contribution in [0, 0.1) is 5.92 Å². The van der Waals surface area contributed by atoms with Crippen molar-refractivity contribution in [3.63, 3.8) is 0 Å². The fourth-order valence-electron chi connectivity index (χ4n) is 2.68. The highest BCUT2D eigenvalue weighted by molar-refractivity contribution is 7.92. The smallest absolute Gasteiger partial charge is 0.261 e. The number of aryl methyl sites for hydroxylation is 1. The average Bonchev–Trinajstić information content (AvgIpc) is 2.54. The van der Waals surface area contributed by atoms with Crippen LogP contribution in [-0.2, 0) is 22.9 Å². The molecule has 0 atom stereocenters. The third kappa shape index (κ3) is 5.10. The summed E-state index contributed by atoms with van der Waals surface area (Å²) in [6.07, 6.45) is 3.96. The molecule has 24 heavy (non-hydrogen) atoms. The molecule has 0 unspecified atom stereocenters. The fraction of sp³-hybridized carbons (Fsp3) is 0.400. The summed E-state index contributed by atoms with van der Waals surface area (Å²) in [5, 5.41) is 0. The van der Waals surface area contributed by atoms with E-state index in [4.69, 9.17) is 0 Å². The highest BCUT2D eigenvalue weighted by Gasteiger charge is 2.15. The summed E-state index contributed by atoms with van der Waals surface area (Å²) in [7, 11) is -3.56. The summed E-state index contributed by atoms with van der Waals surface area (Å²) in [5.41, 5.74) is 2.88. The first kappa shape index (κ1) is 18.5. The lowest BCUT2D eigenvalue weighted by Crippen LogP contribution is -2.14. The Morgan fingerprint density at radius 2 is 1.67 bits per heavy atom. The zero-order chi connectivity index (χ0) is 17.6. The van der Waals surface area contributed by atoms with Gasteiger partial charge in [0.05, 0.1) is 10.6 Å². The Morgan fingerprint density at radius 3 is 2.29 bits per heavy atom. The van der Waals surface area contributed by atoms with E-state index in [0.29, 0.717) is 16.5 Å². The third-order valence-corrected chi connectivity index (χ3v) is 5.32. The van der Waals surface area contributed by atoms with Crippen LogP contribution >= 0.6 is 0 Å². The molecule has 0 spiro atoms. The molecule has 4 heteroatoms. The van der Waals surface area contributed by atoms with Crippen molar-refractivity contribution in [1.82, 2.24) is 0 Å². The van der Waals surface area contributed by atoms with Crippen molar-refractivity contribution in [2.24, 2.45) is 5.92 Å². The first-order valence-corrected chi connectivity index (χ1v) is 10.1. The van der Waals surface area contributed by atoms with E-state index < -0.39 is 10.0 Å². The molecule has 0 fully saturated rings. The molecular formula is C20H27NO2S. The van der Waals surface area contributed by atoms with Gasteiger partial charge < -0.3 is 0 Å². The second kappa shape index (κ2) is 8.34. The highest BCUT2D eigenvalue weighted by atomic mass is 32.2. The second-order valence-corrected chi connectivity index (χ2v) is 8.29. The number of para-hydroxylation sites is 1. The summed E-state index contributed by atoms with van der Waals surface area (Å²) in [4.78, 5) is 0.306. The van der Waals surface area contributed by atoms with E-state index in [9.17, 15) is 8.42 Å². The Kier molecular flexibility index (Phi) is 6.44. The topological polar surface area (TPSA) is 46.2 Å². The van der Waals surface area contributed by atoms with E-state index in [1.807, 2.05) is 36.4 Å². The molecule has 0 bridgehead atoms. The Labute approximate surface area is 146 Å². The van der Waals surface area contributed by atoms with Gasteiger partial charge in [-0.2, -0.15) is 0 Å². The molecular weight excluding hydrogens is 318 g/mol. The Hall–Kier alpha value is -1.81. The Balaban J connectivity index is 2.19. The molecule has 0 saturated carbocycles. The molecule has 2 aromatic rings. The van der Waals surface area contributed by atoms with Crippen LogP contribution in [0.25, 0.3) is 0 Å². The monoisotopic (exact) mass is 345 g/mol. The zero-order valence-corrected chi connectivity index (χ0v) is 15.6. The van der Waals surface area contributed by atoms with Gasteiger partial charge in [0.15, 0.2) is 0 Å². The van der Waals surface area contributed by atoms with Crippen LogP contribution < -0.4 is 4.72 Å². The molecule has 0 amide bonds. The number of hydrogen-bond acceptors (Lipinski definition) is 2. The summed E-state index contributed by atoms with van der Waals surface area (Å²) >= 11 is 0. The summed E-state index contributed by atoms with van der Waals surface area (Å²) < 4.78 is 28.0. The lowest BCUT2D eigenvalue weighted by molar-refractivity contribution is 0.601. The quantitative estimate of drug-likeness (QED) is 0.729. The van der Waals surface area contributed by atoms with Gasteiger partial charge in [-0.25, -0.2) is 8.42 Å². The normalized spacial score (nSPS) is 11.7. The van der Waals surface area contributed by atoms with E-state index in [-0.39, 0.29) is 0 Å². The number of rotatable bonds is 8. The molecule has 0 aromatic heterocycles. The molecule has 3 nitrogen and oxygen atoms in total. The van der Waals surface area contributed by atoms with Crippen LogP contribution in [0.15, 0.2) is 53.4 Å². The average molecular weight is 346 g/mol. The van der Waals surface area contributed by atoms with E-state index in [2.05, 4.69) is 25.5 Å². The van der Waals surface area contributed by atoms with E-state index in [1.165, 1.54) is 0 Å². The minimum absolute atomic E-state index is 0.306. The van der Waals surface area contributed by atoms with Crippen LogP contribution in [0.3, 0.4) is 0 Å². The predicted molar refractivity (Wildman–Crippen MR) is 101 cm³/mol. The molecule has 0 saturated heterocycles. The van der Waals surface area contributed by atoms with Gasteiger partial charge in [0.1, 0.15) is 0 Å². The fourth-order valence-corrected chi connectivity index (χ4v) is 3.79. The van der Waals surface area contributed by atoms with E-state index >= 15 is 0 Å². The van der Waals surface area contributed by atoms with Crippen LogP contribution in [0.4, 0.5) is 5.69 Å². The van der Waals surface area contributed by atoms with Crippen molar-refractivity contribution in [3.8, 4) is 0 Å². The van der Waals surface area contributed by atoms with Gasteiger partial charge in [0.2, 0.25) is 0 Å². The zero-order valence-electron chi connectivity index (χ0n) is 14.7. The number of anilines is 1. The minimum Gasteiger partial charge on any atom is -0.279 e. The van der Waals surface area contributed by atoms with Crippen molar-refractivity contribution in [2.45, 2.75) is 51.3 Å². The van der Waals surface area contributed by atoms with Gasteiger partial charge >= 0.3 is 0 Å². The molecule has 2 rings (SSSR count). The van der Waals surface area contributed by atoms with Crippen molar-refractivity contribution < 1.29 is 8.42 Å². The van der Waals surface area contributed by atoms with Crippen LogP contribution in [0.5, 0.6) is 0 Å². The molecule has 0 radical (unpaired) electrons. The number of hydrogen-bond donors (Lipinski definition) is 1. The first-order chi connectivity index (χ1) is 11.4. The van der Waals surface area contributed by atoms with Gasteiger partial charge in [0.25, 0.3) is 10.0 Å². The van der Waals surface area contributed by atoms with Gasteiger partial charge in [-0.1, -0.05) is 57.5 Å². The lowest BCUT2D eigenvalue weighted by atomic mass is 10.0. The molecule has 0 aliphatic heterocycles. The number of unbranched alkanes of at least 4 members (excludes halogenated alkanes) is 1. The Bertz CT molecular complexity index is 749. The molecule has 0 aliphatic carbocycles. The van der Waals surface area contributed by atoms with Crippen molar-refractivity contribution >= 4 is 15.7 Å². The maximum Gasteiger partial charge on any atom is 0.261 e. The number of benzene rings is 2. The molecule has 0 aliphatic rings. The third-order valence-electron chi connectivity index (χ3n) is 3.94. The molecule has 0 heterocycles. The standard InChI is InChI=1S/C20H27NO2S/c1-4-5-8-18-9-6-7-10-20(18)21-24(22,23)19-13-11-17(12-14-19)15-16(2)3/h6-7,9-14,16,21H,4-5,8,15H2,1-3H3. The molecule has 130 valence electrons. The van der Waals surface area contributed by atoms with Gasteiger partial charge in [0, 0.05) is 0 Å². The first-order valence-electron chi connectivity index (χ1n) is 8.62. The van der Waals surface area contributed by atoms with Crippen molar-refractivity contribution in [3.05, 3.63) is 59.7 Å². The van der Waals surface area contributed by atoms with E-state index in [0.717, 1.165) is 36.8 Å². The SMILES string of the molecule is CCCCc1ccccc1NS(=O)(=O)c1ccc(CC(C)C)cc1. The lowest BCUT2D eigenvalue weighted by Gasteiger charge is -2.13. The number of sulfonamides is 1. The van der Waals surface area contributed by atoms with Crippen molar-refractivity contribution in [2.75, 3.05) is 4.72 Å². The molecule has 1 N–H and O–H groups in total. The van der Waals surface area contributed by atoms with Crippen LogP contribution in [0.2, 0.25) is 0 Å². The largest absolute Gasteiger partial charge is 0.279 e. The van der Waals surface area contributed by atoms with Crippen molar-refractivity contribution in [1.29, 1.82) is 0 Å². The predicted octanol–water partition coefficient (Wildman–Crippen LogP) is 5.03. The Morgan fingerprint density at radius 1 is 1.00 bits per heavy atom. The summed E-state index contributed by atoms with van der Waals surface area (Å²) in [6, 6.07) is 14.8. The van der Waals surface area contributed by atoms with Crippen LogP contribution in [-0.4, -0.2) is 8.42 Å². The summed E-state index contributed by atoms with van der Waals surface area (Å²) in [6.45, 7) is 6.43. The van der Waals surface area contributed by atoms with Gasteiger partial charge in [-0.15, -0.1) is 0 Å². The highest BCUT2D eigenvalue weighted by Crippen LogP contribution is 2.22. The maximum atomic E-state index is 12.6. The molecule has 2 aromatic carbocycles. The minimum atomic E-state index is -3.56. The van der Waals surface area contributed by atoms with Gasteiger partial charge in [-0.05, 0) is 54.5 Å². The van der Waals surface area contributed by atoms with Gasteiger partial charge in [-0.3, -0.25) is 4.72 Å². The van der Waals surface area contributed by atoms with E-state index in [1.54, 1.807) is 12.1 Å².